The number of halogens is 3. The van der Waals surface area contributed by atoms with E-state index in [1.807, 2.05) is 0 Å². The summed E-state index contributed by atoms with van der Waals surface area (Å²) in [5.41, 5.74) is -0.988. The van der Waals surface area contributed by atoms with Gasteiger partial charge in [0.1, 0.15) is 0 Å². The van der Waals surface area contributed by atoms with E-state index in [1.54, 1.807) is 0 Å². The number of rotatable bonds is 2. The van der Waals surface area contributed by atoms with Crippen LogP contribution in [0.2, 0.25) is 0 Å². The fourth-order valence-corrected chi connectivity index (χ4v) is 3.49. The summed E-state index contributed by atoms with van der Waals surface area (Å²) < 4.78 is 39.4. The van der Waals surface area contributed by atoms with Gasteiger partial charge in [0, 0.05) is 0 Å². The van der Waals surface area contributed by atoms with Gasteiger partial charge >= 0.3 is 12.1 Å². The molecular formula is C16H14F3NO4. The van der Waals surface area contributed by atoms with Gasteiger partial charge in [-0.1, -0.05) is 31.0 Å². The van der Waals surface area contributed by atoms with Crippen molar-refractivity contribution in [1.29, 1.82) is 0 Å². The van der Waals surface area contributed by atoms with Crippen LogP contribution >= 0.6 is 0 Å². The van der Waals surface area contributed by atoms with Crippen molar-refractivity contribution in [2.24, 2.45) is 17.3 Å². The predicted octanol–water partition coefficient (Wildman–Crippen LogP) is 2.97. The molecule has 1 heterocycles. The maximum atomic E-state index is 13.1. The van der Waals surface area contributed by atoms with Crippen LogP contribution in [0.4, 0.5) is 13.2 Å². The van der Waals surface area contributed by atoms with Crippen molar-refractivity contribution in [3.63, 3.8) is 0 Å². The molecule has 0 saturated heterocycles. The van der Waals surface area contributed by atoms with E-state index < -0.39 is 41.2 Å². The molecule has 2 aliphatic rings. The topological polar surface area (TPSA) is 63.7 Å². The number of carbonyl (C=O) groups is 3. The van der Waals surface area contributed by atoms with E-state index >= 15 is 0 Å². The molecule has 1 aromatic carbocycles. The minimum atomic E-state index is -4.56. The average Bonchev–Trinajstić information content (AvgIpc) is 2.69. The Hall–Kier alpha value is -2.38. The molecule has 3 rings (SSSR count). The van der Waals surface area contributed by atoms with Gasteiger partial charge < -0.3 is 4.84 Å². The summed E-state index contributed by atoms with van der Waals surface area (Å²) in [4.78, 5) is 41.0. The van der Waals surface area contributed by atoms with Crippen molar-refractivity contribution in [1.82, 2.24) is 5.06 Å². The monoisotopic (exact) mass is 341 g/mol. The zero-order valence-electron chi connectivity index (χ0n) is 12.9. The highest BCUT2D eigenvalue weighted by Gasteiger charge is 2.64. The van der Waals surface area contributed by atoms with Crippen LogP contribution in [0.3, 0.4) is 0 Å². The molecule has 2 unspecified atom stereocenters. The lowest BCUT2D eigenvalue weighted by Crippen LogP contribution is -2.56. The molecule has 0 spiro atoms. The third-order valence-corrected chi connectivity index (χ3v) is 4.58. The van der Waals surface area contributed by atoms with Crippen LogP contribution in [0.15, 0.2) is 24.3 Å². The number of fused-ring (bicyclic) bond motifs is 1. The Labute approximate surface area is 135 Å². The van der Waals surface area contributed by atoms with Gasteiger partial charge in [0.15, 0.2) is 0 Å². The number of amides is 2. The fraction of sp³-hybridized carbons (Fsp3) is 0.438. The Bertz CT molecular complexity index is 696. The predicted molar refractivity (Wildman–Crippen MR) is 74.5 cm³/mol. The summed E-state index contributed by atoms with van der Waals surface area (Å²) >= 11 is 0. The van der Waals surface area contributed by atoms with Gasteiger partial charge in [0.25, 0.3) is 11.8 Å². The fourth-order valence-electron chi connectivity index (χ4n) is 3.49. The third-order valence-electron chi connectivity index (χ3n) is 4.58. The molecule has 0 N–H and O–H groups in total. The zero-order chi connectivity index (χ0) is 17.9. The first-order valence-corrected chi connectivity index (χ1v) is 7.30. The molecule has 8 heteroatoms. The first-order valence-electron chi connectivity index (χ1n) is 7.30. The Morgan fingerprint density at radius 3 is 2.08 bits per heavy atom. The number of imide groups is 1. The van der Waals surface area contributed by atoms with Crippen LogP contribution in [-0.4, -0.2) is 29.0 Å². The standard InChI is InChI=1S/C16H14F3NO4/c1-15(2)7-10(11(15)16(17,18)19)14(23)24-20-12(21)8-5-3-4-6-9(8)13(20)22/h3-6,10-11H,7H2,1-2H3. The SMILES string of the molecule is CC1(C)CC(C(=O)ON2C(=O)c3ccccc3C2=O)C1C(F)(F)F. The highest BCUT2D eigenvalue weighted by atomic mass is 19.4. The summed E-state index contributed by atoms with van der Waals surface area (Å²) in [5, 5.41) is 0.242. The van der Waals surface area contributed by atoms with E-state index in [1.165, 1.54) is 38.1 Å². The van der Waals surface area contributed by atoms with Crippen LogP contribution in [0.5, 0.6) is 0 Å². The summed E-state index contributed by atoms with van der Waals surface area (Å²) in [6.45, 7) is 2.83. The second-order valence-electron chi connectivity index (χ2n) is 6.68. The van der Waals surface area contributed by atoms with Gasteiger partial charge in [-0.05, 0) is 24.0 Å². The average molecular weight is 341 g/mol. The Morgan fingerprint density at radius 1 is 1.17 bits per heavy atom. The van der Waals surface area contributed by atoms with Crippen LogP contribution in [0, 0.1) is 17.3 Å². The summed E-state index contributed by atoms with van der Waals surface area (Å²) in [5.74, 6) is -6.22. The molecule has 1 aromatic rings. The van der Waals surface area contributed by atoms with Crippen LogP contribution in [0.1, 0.15) is 41.0 Å². The Balaban J connectivity index is 1.78. The normalized spacial score (nSPS) is 25.3. The first kappa shape index (κ1) is 16.5. The first-order chi connectivity index (χ1) is 11.0. The molecule has 24 heavy (non-hydrogen) atoms. The van der Waals surface area contributed by atoms with Crippen molar-refractivity contribution < 1.29 is 32.4 Å². The van der Waals surface area contributed by atoms with Crippen LogP contribution in [0.25, 0.3) is 0 Å². The molecule has 2 atom stereocenters. The number of hydrogen-bond acceptors (Lipinski definition) is 4. The van der Waals surface area contributed by atoms with E-state index in [0.29, 0.717) is 0 Å². The number of hydrogen-bond donors (Lipinski definition) is 0. The number of carbonyl (C=O) groups excluding carboxylic acids is 3. The van der Waals surface area contributed by atoms with E-state index in [-0.39, 0.29) is 22.6 Å². The van der Waals surface area contributed by atoms with Crippen LogP contribution in [-0.2, 0) is 9.63 Å². The molecule has 128 valence electrons. The molecule has 0 aromatic heterocycles. The summed E-state index contributed by atoms with van der Waals surface area (Å²) in [6.07, 6.45) is -4.59. The Kier molecular flexibility index (Phi) is 3.47. The highest BCUT2D eigenvalue weighted by molar-refractivity contribution is 6.20. The number of hydroxylamine groups is 2. The quantitative estimate of drug-likeness (QED) is 0.776. The molecule has 1 aliphatic heterocycles. The van der Waals surface area contributed by atoms with Gasteiger partial charge in [0.2, 0.25) is 0 Å². The van der Waals surface area contributed by atoms with Gasteiger partial charge in [-0.2, -0.15) is 13.2 Å². The van der Waals surface area contributed by atoms with Crippen molar-refractivity contribution >= 4 is 17.8 Å². The van der Waals surface area contributed by atoms with Crippen molar-refractivity contribution in [3.05, 3.63) is 35.4 Å². The van der Waals surface area contributed by atoms with Crippen LogP contribution < -0.4 is 0 Å². The van der Waals surface area contributed by atoms with Crippen molar-refractivity contribution in [3.8, 4) is 0 Å². The van der Waals surface area contributed by atoms with E-state index in [4.69, 9.17) is 4.84 Å². The van der Waals surface area contributed by atoms with Crippen molar-refractivity contribution in [2.75, 3.05) is 0 Å². The minimum Gasteiger partial charge on any atom is -0.329 e. The molecule has 2 amide bonds. The lowest BCUT2D eigenvalue weighted by Gasteiger charge is -2.50. The smallest absolute Gasteiger partial charge is 0.329 e. The second-order valence-corrected chi connectivity index (χ2v) is 6.68. The largest absolute Gasteiger partial charge is 0.393 e. The number of nitrogens with zero attached hydrogens (tertiary/aromatic N) is 1. The maximum Gasteiger partial charge on any atom is 0.393 e. The van der Waals surface area contributed by atoms with Gasteiger partial charge in [-0.15, -0.1) is 0 Å². The molecule has 1 saturated carbocycles. The molecule has 1 aliphatic carbocycles. The maximum absolute atomic E-state index is 13.1. The molecule has 0 bridgehead atoms. The minimum absolute atomic E-state index is 0.0286. The highest BCUT2D eigenvalue weighted by Crippen LogP contribution is 2.58. The number of alkyl halides is 3. The van der Waals surface area contributed by atoms with Crippen molar-refractivity contribution in [2.45, 2.75) is 26.4 Å². The molecule has 1 fully saturated rings. The van der Waals surface area contributed by atoms with Gasteiger partial charge in [-0.3, -0.25) is 9.59 Å². The summed E-state index contributed by atoms with van der Waals surface area (Å²) in [7, 11) is 0. The molecular weight excluding hydrogens is 327 g/mol. The van der Waals surface area contributed by atoms with Gasteiger partial charge in [-0.25, -0.2) is 4.79 Å². The zero-order valence-corrected chi connectivity index (χ0v) is 12.9. The Morgan fingerprint density at radius 2 is 1.67 bits per heavy atom. The second kappa shape index (κ2) is 5.06. The lowest BCUT2D eigenvalue weighted by molar-refractivity contribution is -0.264. The van der Waals surface area contributed by atoms with E-state index in [9.17, 15) is 27.6 Å². The lowest BCUT2D eigenvalue weighted by atomic mass is 9.55. The third kappa shape index (κ3) is 2.37. The number of benzene rings is 1. The van der Waals surface area contributed by atoms with E-state index in [2.05, 4.69) is 0 Å². The van der Waals surface area contributed by atoms with Gasteiger partial charge in [0.05, 0.1) is 23.0 Å². The van der Waals surface area contributed by atoms with E-state index in [0.717, 1.165) is 0 Å². The molecule has 5 nitrogen and oxygen atoms in total. The summed E-state index contributed by atoms with van der Waals surface area (Å²) in [6, 6.07) is 5.83. The molecule has 0 radical (unpaired) electrons.